The quantitative estimate of drug-likeness (QED) is 0.889. The second-order valence-corrected chi connectivity index (χ2v) is 5.30. The highest BCUT2D eigenvalue weighted by Gasteiger charge is 2.17. The van der Waals surface area contributed by atoms with Crippen LogP contribution in [0, 0.1) is 5.92 Å². The number of nitrogens with zero attached hydrogens (tertiary/aromatic N) is 1. The van der Waals surface area contributed by atoms with Gasteiger partial charge in [0, 0.05) is 6.54 Å². The zero-order valence-corrected chi connectivity index (χ0v) is 10.9. The summed E-state index contributed by atoms with van der Waals surface area (Å²) in [5.74, 6) is 0.0743. The van der Waals surface area contributed by atoms with Crippen LogP contribution in [0.5, 0.6) is 0 Å². The van der Waals surface area contributed by atoms with Gasteiger partial charge in [0.1, 0.15) is 0 Å². The second kappa shape index (κ2) is 6.01. The van der Waals surface area contributed by atoms with Gasteiger partial charge in [-0.05, 0) is 43.0 Å². The minimum atomic E-state index is -0.755. The number of piperidine rings is 1. The number of rotatable bonds is 4. The Labute approximate surface area is 108 Å². The van der Waals surface area contributed by atoms with Crippen LogP contribution in [0.1, 0.15) is 30.9 Å². The van der Waals surface area contributed by atoms with Crippen molar-refractivity contribution in [3.63, 3.8) is 0 Å². The normalized spacial score (nSPS) is 17.8. The lowest BCUT2D eigenvalue weighted by atomic mass is 9.98. The van der Waals surface area contributed by atoms with Crippen molar-refractivity contribution in [2.24, 2.45) is 5.92 Å². The van der Waals surface area contributed by atoms with Crippen molar-refractivity contribution in [3.8, 4) is 0 Å². The first-order valence-corrected chi connectivity index (χ1v) is 6.66. The SMILES string of the molecule is CC1CCN(Cc2ccccc2CC(=O)O)CC1. The summed E-state index contributed by atoms with van der Waals surface area (Å²) in [6, 6.07) is 7.89. The maximum atomic E-state index is 10.8. The molecule has 0 aromatic heterocycles. The van der Waals surface area contributed by atoms with Crippen molar-refractivity contribution in [2.75, 3.05) is 13.1 Å². The van der Waals surface area contributed by atoms with E-state index in [-0.39, 0.29) is 6.42 Å². The monoisotopic (exact) mass is 247 g/mol. The van der Waals surface area contributed by atoms with Gasteiger partial charge in [0.05, 0.1) is 6.42 Å². The Kier molecular flexibility index (Phi) is 4.37. The third-order valence-electron chi connectivity index (χ3n) is 3.73. The number of hydrogen-bond acceptors (Lipinski definition) is 2. The van der Waals surface area contributed by atoms with Gasteiger partial charge in [0.15, 0.2) is 0 Å². The average molecular weight is 247 g/mol. The Morgan fingerprint density at radius 1 is 1.28 bits per heavy atom. The fourth-order valence-electron chi connectivity index (χ4n) is 2.51. The third-order valence-corrected chi connectivity index (χ3v) is 3.73. The predicted molar refractivity (Wildman–Crippen MR) is 71.5 cm³/mol. The summed E-state index contributed by atoms with van der Waals surface area (Å²) in [6.45, 7) is 5.44. The highest BCUT2D eigenvalue weighted by molar-refractivity contribution is 5.70. The molecule has 0 aliphatic carbocycles. The molecule has 0 saturated carbocycles. The van der Waals surface area contributed by atoms with E-state index in [9.17, 15) is 4.79 Å². The first kappa shape index (κ1) is 13.1. The van der Waals surface area contributed by atoms with Gasteiger partial charge >= 0.3 is 5.97 Å². The van der Waals surface area contributed by atoms with E-state index in [4.69, 9.17) is 5.11 Å². The minimum absolute atomic E-state index is 0.125. The molecule has 0 bridgehead atoms. The average Bonchev–Trinajstić information content (AvgIpc) is 2.34. The Hall–Kier alpha value is -1.35. The summed E-state index contributed by atoms with van der Waals surface area (Å²) in [5.41, 5.74) is 2.11. The fourth-order valence-corrected chi connectivity index (χ4v) is 2.51. The number of benzene rings is 1. The van der Waals surface area contributed by atoms with Gasteiger partial charge < -0.3 is 5.11 Å². The van der Waals surface area contributed by atoms with Crippen LogP contribution in [0.25, 0.3) is 0 Å². The molecule has 1 aliphatic heterocycles. The number of carbonyl (C=O) groups is 1. The van der Waals surface area contributed by atoms with Crippen molar-refractivity contribution in [2.45, 2.75) is 32.7 Å². The molecule has 3 nitrogen and oxygen atoms in total. The molecule has 0 spiro atoms. The molecule has 1 aliphatic rings. The molecule has 1 N–H and O–H groups in total. The van der Waals surface area contributed by atoms with Gasteiger partial charge in [-0.1, -0.05) is 31.2 Å². The molecule has 0 unspecified atom stereocenters. The van der Waals surface area contributed by atoms with E-state index >= 15 is 0 Å². The highest BCUT2D eigenvalue weighted by Crippen LogP contribution is 2.19. The molecule has 98 valence electrons. The van der Waals surface area contributed by atoms with Crippen molar-refractivity contribution >= 4 is 5.97 Å². The molecule has 3 heteroatoms. The van der Waals surface area contributed by atoms with Crippen LogP contribution in [0.15, 0.2) is 24.3 Å². The largest absolute Gasteiger partial charge is 0.481 e. The van der Waals surface area contributed by atoms with E-state index in [1.54, 1.807) is 0 Å². The van der Waals surface area contributed by atoms with Crippen LogP contribution >= 0.6 is 0 Å². The van der Waals surface area contributed by atoms with Crippen molar-refractivity contribution in [3.05, 3.63) is 35.4 Å². The molecule has 18 heavy (non-hydrogen) atoms. The van der Waals surface area contributed by atoms with Gasteiger partial charge in [-0.3, -0.25) is 9.69 Å². The zero-order chi connectivity index (χ0) is 13.0. The summed E-state index contributed by atoms with van der Waals surface area (Å²) >= 11 is 0. The molecule has 1 fully saturated rings. The Bertz CT molecular complexity index is 409. The lowest BCUT2D eigenvalue weighted by Gasteiger charge is -2.30. The molecule has 1 saturated heterocycles. The Morgan fingerprint density at radius 3 is 2.50 bits per heavy atom. The number of likely N-dealkylation sites (tertiary alicyclic amines) is 1. The molecule has 0 amide bonds. The molecule has 0 radical (unpaired) electrons. The van der Waals surface area contributed by atoms with E-state index < -0.39 is 5.97 Å². The van der Waals surface area contributed by atoms with E-state index in [1.165, 1.54) is 12.8 Å². The third kappa shape index (κ3) is 3.57. The van der Waals surface area contributed by atoms with Crippen LogP contribution in [-0.4, -0.2) is 29.1 Å². The topological polar surface area (TPSA) is 40.5 Å². The zero-order valence-electron chi connectivity index (χ0n) is 10.9. The summed E-state index contributed by atoms with van der Waals surface area (Å²) in [7, 11) is 0. The van der Waals surface area contributed by atoms with E-state index in [1.807, 2.05) is 18.2 Å². The lowest BCUT2D eigenvalue weighted by molar-refractivity contribution is -0.136. The predicted octanol–water partition coefficient (Wildman–Crippen LogP) is 2.55. The van der Waals surface area contributed by atoms with E-state index in [0.717, 1.165) is 36.7 Å². The summed E-state index contributed by atoms with van der Waals surface area (Å²) in [5, 5.41) is 8.92. The van der Waals surface area contributed by atoms with Crippen molar-refractivity contribution < 1.29 is 9.90 Å². The van der Waals surface area contributed by atoms with Crippen LogP contribution in [0.2, 0.25) is 0 Å². The van der Waals surface area contributed by atoms with Crippen molar-refractivity contribution in [1.29, 1.82) is 0 Å². The van der Waals surface area contributed by atoms with Crippen LogP contribution < -0.4 is 0 Å². The number of aliphatic carboxylic acids is 1. The minimum Gasteiger partial charge on any atom is -0.481 e. The van der Waals surface area contributed by atoms with E-state index in [2.05, 4.69) is 17.9 Å². The van der Waals surface area contributed by atoms with Gasteiger partial charge in [-0.15, -0.1) is 0 Å². The lowest BCUT2D eigenvalue weighted by Crippen LogP contribution is -2.32. The number of carboxylic acid groups (broad SMARTS) is 1. The van der Waals surface area contributed by atoms with Crippen LogP contribution in [-0.2, 0) is 17.8 Å². The number of carboxylic acids is 1. The highest BCUT2D eigenvalue weighted by atomic mass is 16.4. The maximum absolute atomic E-state index is 10.8. The summed E-state index contributed by atoms with van der Waals surface area (Å²) in [4.78, 5) is 13.3. The maximum Gasteiger partial charge on any atom is 0.307 e. The van der Waals surface area contributed by atoms with E-state index in [0.29, 0.717) is 0 Å². The summed E-state index contributed by atoms with van der Waals surface area (Å²) in [6.07, 6.45) is 2.63. The summed E-state index contributed by atoms with van der Waals surface area (Å²) < 4.78 is 0. The molecule has 2 rings (SSSR count). The molecule has 1 aromatic carbocycles. The molecular weight excluding hydrogens is 226 g/mol. The standard InChI is InChI=1S/C15H21NO2/c1-12-6-8-16(9-7-12)11-14-5-3-2-4-13(14)10-15(17)18/h2-5,12H,6-11H2,1H3,(H,17,18). The Balaban J connectivity index is 2.02. The number of hydrogen-bond donors (Lipinski definition) is 1. The molecule has 1 heterocycles. The first-order chi connectivity index (χ1) is 8.65. The fraction of sp³-hybridized carbons (Fsp3) is 0.533. The van der Waals surface area contributed by atoms with Crippen molar-refractivity contribution in [1.82, 2.24) is 4.90 Å². The molecule has 0 atom stereocenters. The Morgan fingerprint density at radius 2 is 1.89 bits per heavy atom. The smallest absolute Gasteiger partial charge is 0.307 e. The van der Waals surface area contributed by atoms with Gasteiger partial charge in [0.2, 0.25) is 0 Å². The van der Waals surface area contributed by atoms with Crippen LogP contribution in [0.3, 0.4) is 0 Å². The molecule has 1 aromatic rings. The van der Waals surface area contributed by atoms with Crippen LogP contribution in [0.4, 0.5) is 0 Å². The van der Waals surface area contributed by atoms with Gasteiger partial charge in [-0.25, -0.2) is 0 Å². The van der Waals surface area contributed by atoms with Gasteiger partial charge in [-0.2, -0.15) is 0 Å². The van der Waals surface area contributed by atoms with Gasteiger partial charge in [0.25, 0.3) is 0 Å². The second-order valence-electron chi connectivity index (χ2n) is 5.30. The molecular formula is C15H21NO2. The first-order valence-electron chi connectivity index (χ1n) is 6.66.